The van der Waals surface area contributed by atoms with Gasteiger partial charge in [0.25, 0.3) is 0 Å². The predicted molar refractivity (Wildman–Crippen MR) is 74.6 cm³/mol. The number of benzene rings is 1. The van der Waals surface area contributed by atoms with Gasteiger partial charge < -0.3 is 10.1 Å². The van der Waals surface area contributed by atoms with Gasteiger partial charge >= 0.3 is 0 Å². The van der Waals surface area contributed by atoms with E-state index in [4.69, 9.17) is 4.74 Å². The van der Waals surface area contributed by atoms with Crippen LogP contribution < -0.4 is 5.32 Å². The van der Waals surface area contributed by atoms with Crippen LogP contribution in [0.15, 0.2) is 24.3 Å². The monoisotopic (exact) mass is 266 g/mol. The smallest absolute Gasteiger partial charge is 0.123 e. The Labute approximate surface area is 114 Å². The molecule has 1 aromatic carbocycles. The summed E-state index contributed by atoms with van der Waals surface area (Å²) in [7, 11) is 1.72. The van der Waals surface area contributed by atoms with Gasteiger partial charge in [-0.3, -0.25) is 4.90 Å². The van der Waals surface area contributed by atoms with Crippen LogP contribution in [0.25, 0.3) is 0 Å². The van der Waals surface area contributed by atoms with Crippen LogP contribution in [0.2, 0.25) is 0 Å². The van der Waals surface area contributed by atoms with Gasteiger partial charge in [-0.1, -0.05) is 12.1 Å². The van der Waals surface area contributed by atoms with Crippen molar-refractivity contribution in [2.75, 3.05) is 33.4 Å². The van der Waals surface area contributed by atoms with Crippen LogP contribution in [0, 0.1) is 5.82 Å². The number of rotatable bonds is 7. The average molecular weight is 266 g/mol. The van der Waals surface area contributed by atoms with E-state index in [1.165, 1.54) is 18.9 Å². The zero-order chi connectivity index (χ0) is 13.5. The molecule has 2 rings (SSSR count). The number of nitrogens with one attached hydrogen (secondary N) is 1. The van der Waals surface area contributed by atoms with E-state index >= 15 is 0 Å². The first-order valence-electron chi connectivity index (χ1n) is 6.97. The highest BCUT2D eigenvalue weighted by molar-refractivity contribution is 5.16. The molecule has 0 aliphatic carbocycles. The van der Waals surface area contributed by atoms with E-state index in [1.807, 2.05) is 6.07 Å². The highest BCUT2D eigenvalue weighted by atomic mass is 19.1. The molecule has 1 aliphatic rings. The van der Waals surface area contributed by atoms with E-state index in [-0.39, 0.29) is 5.82 Å². The normalized spacial score (nSPS) is 19.2. The minimum atomic E-state index is -0.164. The van der Waals surface area contributed by atoms with Crippen molar-refractivity contribution in [2.45, 2.75) is 25.4 Å². The highest BCUT2D eigenvalue weighted by Crippen LogP contribution is 2.11. The summed E-state index contributed by atoms with van der Waals surface area (Å²) in [4.78, 5) is 2.33. The van der Waals surface area contributed by atoms with Gasteiger partial charge in [-0.15, -0.1) is 0 Å². The van der Waals surface area contributed by atoms with E-state index in [1.54, 1.807) is 19.2 Å². The molecular weight excluding hydrogens is 243 g/mol. The summed E-state index contributed by atoms with van der Waals surface area (Å²) in [6.07, 6.45) is 2.48. The summed E-state index contributed by atoms with van der Waals surface area (Å²) in [5.41, 5.74) is 1.02. The second-order valence-electron chi connectivity index (χ2n) is 5.15. The van der Waals surface area contributed by atoms with Crippen molar-refractivity contribution in [3.05, 3.63) is 35.6 Å². The molecule has 4 heteroatoms. The molecule has 1 aromatic rings. The Morgan fingerprint density at radius 2 is 2.37 bits per heavy atom. The van der Waals surface area contributed by atoms with Crippen LogP contribution >= 0.6 is 0 Å². The Balaban J connectivity index is 1.92. The number of halogens is 1. The fourth-order valence-corrected chi connectivity index (χ4v) is 2.57. The van der Waals surface area contributed by atoms with E-state index < -0.39 is 0 Å². The zero-order valence-corrected chi connectivity index (χ0v) is 11.6. The highest BCUT2D eigenvalue weighted by Gasteiger charge is 2.17. The van der Waals surface area contributed by atoms with Gasteiger partial charge in [-0.2, -0.15) is 0 Å². The van der Waals surface area contributed by atoms with Crippen molar-refractivity contribution in [3.8, 4) is 0 Å². The second kappa shape index (κ2) is 7.58. The number of hydrogen-bond acceptors (Lipinski definition) is 3. The summed E-state index contributed by atoms with van der Waals surface area (Å²) < 4.78 is 18.4. The predicted octanol–water partition coefficient (Wildman–Crippen LogP) is 2.03. The molecule has 0 spiro atoms. The lowest BCUT2D eigenvalue weighted by molar-refractivity contribution is 0.138. The topological polar surface area (TPSA) is 24.5 Å². The van der Waals surface area contributed by atoms with E-state index in [2.05, 4.69) is 10.2 Å². The minimum Gasteiger partial charge on any atom is -0.383 e. The number of hydrogen-bond donors (Lipinski definition) is 1. The standard InChI is InChI=1S/C15H23FN2O/c1-19-9-8-18(12-15-6-3-7-17-15)11-13-4-2-5-14(16)10-13/h2,4-5,10,15,17H,3,6-9,11-12H2,1H3. The van der Waals surface area contributed by atoms with E-state index in [0.29, 0.717) is 12.6 Å². The van der Waals surface area contributed by atoms with E-state index in [0.717, 1.165) is 31.7 Å². The Morgan fingerprint density at radius 3 is 3.05 bits per heavy atom. The Hall–Kier alpha value is -0.970. The summed E-state index contributed by atoms with van der Waals surface area (Å²) in [6.45, 7) is 4.48. The zero-order valence-electron chi connectivity index (χ0n) is 11.6. The molecule has 0 radical (unpaired) electrons. The molecule has 1 atom stereocenters. The lowest BCUT2D eigenvalue weighted by Crippen LogP contribution is -2.38. The molecule has 1 fully saturated rings. The molecule has 106 valence electrons. The first-order valence-corrected chi connectivity index (χ1v) is 6.97. The van der Waals surface area contributed by atoms with Gasteiger partial charge in [0.2, 0.25) is 0 Å². The average Bonchev–Trinajstić information content (AvgIpc) is 2.89. The maximum absolute atomic E-state index is 13.2. The Bertz CT molecular complexity index is 380. The first kappa shape index (κ1) is 14.4. The molecule has 3 nitrogen and oxygen atoms in total. The van der Waals surface area contributed by atoms with Crippen molar-refractivity contribution in [1.82, 2.24) is 10.2 Å². The van der Waals surface area contributed by atoms with Gasteiger partial charge in [0.15, 0.2) is 0 Å². The molecule has 0 bridgehead atoms. The first-order chi connectivity index (χ1) is 9.28. The van der Waals surface area contributed by atoms with Gasteiger partial charge in [0, 0.05) is 32.8 Å². The fourth-order valence-electron chi connectivity index (χ4n) is 2.57. The molecule has 1 aliphatic heterocycles. The van der Waals surface area contributed by atoms with Crippen LogP contribution in [0.3, 0.4) is 0 Å². The van der Waals surface area contributed by atoms with Gasteiger partial charge in [-0.25, -0.2) is 4.39 Å². The van der Waals surface area contributed by atoms with Gasteiger partial charge in [0.05, 0.1) is 6.61 Å². The third-order valence-corrected chi connectivity index (χ3v) is 3.55. The van der Waals surface area contributed by atoms with Crippen molar-refractivity contribution in [1.29, 1.82) is 0 Å². The second-order valence-corrected chi connectivity index (χ2v) is 5.15. The molecule has 0 saturated carbocycles. The number of nitrogens with zero attached hydrogens (tertiary/aromatic N) is 1. The summed E-state index contributed by atoms with van der Waals surface area (Å²) >= 11 is 0. The molecule has 1 heterocycles. The van der Waals surface area contributed by atoms with Crippen molar-refractivity contribution < 1.29 is 9.13 Å². The van der Waals surface area contributed by atoms with Crippen molar-refractivity contribution >= 4 is 0 Å². The third kappa shape index (κ3) is 4.90. The Morgan fingerprint density at radius 1 is 1.47 bits per heavy atom. The quantitative estimate of drug-likeness (QED) is 0.817. The van der Waals surface area contributed by atoms with Crippen LogP contribution in [-0.4, -0.2) is 44.3 Å². The lowest BCUT2D eigenvalue weighted by Gasteiger charge is -2.25. The summed E-state index contributed by atoms with van der Waals surface area (Å²) in [5.74, 6) is -0.164. The summed E-state index contributed by atoms with van der Waals surface area (Å²) in [6, 6.07) is 7.41. The third-order valence-electron chi connectivity index (χ3n) is 3.55. The Kier molecular flexibility index (Phi) is 5.76. The number of methoxy groups -OCH3 is 1. The molecule has 1 N–H and O–H groups in total. The molecule has 0 aromatic heterocycles. The fraction of sp³-hybridized carbons (Fsp3) is 0.600. The molecule has 0 amide bonds. The van der Waals surface area contributed by atoms with Crippen LogP contribution in [0.5, 0.6) is 0 Å². The molecule has 19 heavy (non-hydrogen) atoms. The largest absolute Gasteiger partial charge is 0.383 e. The molecule has 1 unspecified atom stereocenters. The number of ether oxygens (including phenoxy) is 1. The van der Waals surface area contributed by atoms with Gasteiger partial charge in [0.1, 0.15) is 5.82 Å². The van der Waals surface area contributed by atoms with Crippen molar-refractivity contribution in [3.63, 3.8) is 0 Å². The minimum absolute atomic E-state index is 0.164. The van der Waals surface area contributed by atoms with Crippen molar-refractivity contribution in [2.24, 2.45) is 0 Å². The van der Waals surface area contributed by atoms with Gasteiger partial charge in [-0.05, 0) is 37.1 Å². The van der Waals surface area contributed by atoms with Crippen LogP contribution in [0.1, 0.15) is 18.4 Å². The van der Waals surface area contributed by atoms with Crippen LogP contribution in [-0.2, 0) is 11.3 Å². The SMILES string of the molecule is COCCN(Cc1cccc(F)c1)CC1CCCN1. The van der Waals surface area contributed by atoms with E-state index in [9.17, 15) is 4.39 Å². The molecular formula is C15H23FN2O. The maximum atomic E-state index is 13.2. The van der Waals surface area contributed by atoms with Crippen LogP contribution in [0.4, 0.5) is 4.39 Å². The summed E-state index contributed by atoms with van der Waals surface area (Å²) in [5, 5.41) is 3.50. The maximum Gasteiger partial charge on any atom is 0.123 e. The lowest BCUT2D eigenvalue weighted by atomic mass is 10.1. The molecule has 1 saturated heterocycles.